The molecule has 0 saturated carbocycles. The summed E-state index contributed by atoms with van der Waals surface area (Å²) in [5.41, 5.74) is 0.187. The van der Waals surface area contributed by atoms with Crippen molar-refractivity contribution in [3.8, 4) is 0 Å². The van der Waals surface area contributed by atoms with Gasteiger partial charge in [0.15, 0.2) is 5.82 Å². The Morgan fingerprint density at radius 2 is 2.18 bits per heavy atom. The van der Waals surface area contributed by atoms with Crippen LogP contribution in [0.4, 0.5) is 13.2 Å². The van der Waals surface area contributed by atoms with Crippen LogP contribution in [0.15, 0.2) is 23.1 Å². The lowest BCUT2D eigenvalue weighted by atomic mass is 10.1. The summed E-state index contributed by atoms with van der Waals surface area (Å²) in [5, 5.41) is 3.36. The van der Waals surface area contributed by atoms with Crippen molar-refractivity contribution in [3.05, 3.63) is 36.0 Å². The standard InChI is InChI=1S/C12H10F3N5O2/c13-12(14,15)11-18-9(19-22-11)7-1-4-20(6-7)10(21)8-5-16-2-3-17-8/h2-3,5,7H,1,4,6H2/t7-/m1/s1. The first-order chi connectivity index (χ1) is 10.4. The van der Waals surface area contributed by atoms with Crippen molar-refractivity contribution in [2.75, 3.05) is 13.1 Å². The molecule has 22 heavy (non-hydrogen) atoms. The van der Waals surface area contributed by atoms with Gasteiger partial charge in [-0.3, -0.25) is 9.78 Å². The van der Waals surface area contributed by atoms with Gasteiger partial charge in [0.05, 0.1) is 6.20 Å². The number of aromatic nitrogens is 4. The molecule has 0 N–H and O–H groups in total. The molecule has 0 radical (unpaired) electrons. The summed E-state index contributed by atoms with van der Waals surface area (Å²) in [4.78, 5) is 24.7. The third-order valence-corrected chi connectivity index (χ3v) is 3.31. The number of carbonyl (C=O) groups excluding carboxylic acids is 1. The second-order valence-electron chi connectivity index (χ2n) is 4.78. The molecule has 7 nitrogen and oxygen atoms in total. The van der Waals surface area contributed by atoms with Crippen molar-refractivity contribution in [3.63, 3.8) is 0 Å². The highest BCUT2D eigenvalue weighted by Gasteiger charge is 2.40. The summed E-state index contributed by atoms with van der Waals surface area (Å²) in [5.74, 6) is -2.13. The second kappa shape index (κ2) is 5.35. The van der Waals surface area contributed by atoms with Crippen LogP contribution in [0.2, 0.25) is 0 Å². The van der Waals surface area contributed by atoms with E-state index >= 15 is 0 Å². The van der Waals surface area contributed by atoms with E-state index in [-0.39, 0.29) is 29.9 Å². The minimum Gasteiger partial charge on any atom is -0.337 e. The normalized spacial score (nSPS) is 18.7. The number of carbonyl (C=O) groups is 1. The van der Waals surface area contributed by atoms with Crippen LogP contribution in [-0.2, 0) is 6.18 Å². The van der Waals surface area contributed by atoms with Gasteiger partial charge in [-0.1, -0.05) is 5.16 Å². The molecule has 0 bridgehead atoms. The number of halogens is 3. The smallest absolute Gasteiger partial charge is 0.337 e. The van der Waals surface area contributed by atoms with Gasteiger partial charge in [0, 0.05) is 31.4 Å². The Kier molecular flexibility index (Phi) is 3.51. The number of rotatable bonds is 2. The molecule has 3 heterocycles. The Bertz CT molecular complexity index is 673. The van der Waals surface area contributed by atoms with E-state index < -0.39 is 12.1 Å². The predicted octanol–water partition coefficient (Wildman–Crippen LogP) is 1.51. The first-order valence-corrected chi connectivity index (χ1v) is 6.41. The average molecular weight is 313 g/mol. The van der Waals surface area contributed by atoms with E-state index in [1.54, 1.807) is 0 Å². The Morgan fingerprint density at radius 3 is 2.82 bits per heavy atom. The summed E-state index contributed by atoms with van der Waals surface area (Å²) in [6.07, 6.45) is -0.0231. The topological polar surface area (TPSA) is 85.0 Å². The summed E-state index contributed by atoms with van der Waals surface area (Å²) >= 11 is 0. The quantitative estimate of drug-likeness (QED) is 0.835. The number of hydrogen-bond donors (Lipinski definition) is 0. The Balaban J connectivity index is 1.70. The molecule has 0 spiro atoms. The van der Waals surface area contributed by atoms with Crippen molar-refractivity contribution in [2.45, 2.75) is 18.5 Å². The van der Waals surface area contributed by atoms with E-state index in [1.807, 2.05) is 0 Å². The molecule has 1 amide bonds. The summed E-state index contributed by atoms with van der Waals surface area (Å²) < 4.78 is 41.5. The van der Waals surface area contributed by atoms with Gasteiger partial charge >= 0.3 is 12.1 Å². The van der Waals surface area contributed by atoms with Crippen LogP contribution >= 0.6 is 0 Å². The maximum absolute atomic E-state index is 12.4. The minimum atomic E-state index is -4.67. The molecule has 0 aliphatic carbocycles. The highest BCUT2D eigenvalue weighted by molar-refractivity contribution is 5.92. The molecular weight excluding hydrogens is 303 g/mol. The fourth-order valence-electron chi connectivity index (χ4n) is 2.24. The highest BCUT2D eigenvalue weighted by atomic mass is 19.4. The molecular formula is C12H10F3N5O2. The van der Waals surface area contributed by atoms with Gasteiger partial charge in [-0.15, -0.1) is 0 Å². The molecule has 116 valence electrons. The zero-order valence-corrected chi connectivity index (χ0v) is 11.1. The molecule has 1 fully saturated rings. The molecule has 1 atom stereocenters. The van der Waals surface area contributed by atoms with Gasteiger partial charge in [-0.05, 0) is 6.42 Å². The molecule has 2 aromatic rings. The van der Waals surface area contributed by atoms with Crippen LogP contribution in [0.1, 0.15) is 34.5 Å². The van der Waals surface area contributed by atoms with Crippen LogP contribution in [0.25, 0.3) is 0 Å². The van der Waals surface area contributed by atoms with Gasteiger partial charge in [0.2, 0.25) is 0 Å². The Hall–Kier alpha value is -2.52. The Morgan fingerprint density at radius 1 is 1.36 bits per heavy atom. The maximum atomic E-state index is 12.4. The molecule has 2 aromatic heterocycles. The van der Waals surface area contributed by atoms with E-state index in [0.29, 0.717) is 13.0 Å². The van der Waals surface area contributed by atoms with Gasteiger partial charge in [-0.2, -0.15) is 18.2 Å². The first-order valence-electron chi connectivity index (χ1n) is 6.41. The largest absolute Gasteiger partial charge is 0.471 e. The van der Waals surface area contributed by atoms with Crippen molar-refractivity contribution in [2.24, 2.45) is 0 Å². The van der Waals surface area contributed by atoms with E-state index in [4.69, 9.17) is 0 Å². The van der Waals surface area contributed by atoms with E-state index in [9.17, 15) is 18.0 Å². The number of hydrogen-bond acceptors (Lipinski definition) is 6. The van der Waals surface area contributed by atoms with Crippen molar-refractivity contribution in [1.29, 1.82) is 0 Å². The van der Waals surface area contributed by atoms with Crippen LogP contribution in [0.3, 0.4) is 0 Å². The molecule has 10 heteroatoms. The molecule has 1 saturated heterocycles. The SMILES string of the molecule is O=C(c1cnccn1)N1CC[C@@H](c2noc(C(F)(F)F)n2)C1. The van der Waals surface area contributed by atoms with Crippen molar-refractivity contribution < 1.29 is 22.5 Å². The monoisotopic (exact) mass is 313 g/mol. The summed E-state index contributed by atoms with van der Waals surface area (Å²) in [7, 11) is 0. The third-order valence-electron chi connectivity index (χ3n) is 3.31. The van der Waals surface area contributed by atoms with E-state index in [2.05, 4.69) is 24.6 Å². The second-order valence-corrected chi connectivity index (χ2v) is 4.78. The van der Waals surface area contributed by atoms with Gasteiger partial charge in [0.1, 0.15) is 5.69 Å². The number of alkyl halides is 3. The van der Waals surface area contributed by atoms with Crippen LogP contribution in [0.5, 0.6) is 0 Å². The van der Waals surface area contributed by atoms with Crippen LogP contribution in [-0.4, -0.2) is 44.0 Å². The summed E-state index contributed by atoms with van der Waals surface area (Å²) in [6.45, 7) is 0.599. The zero-order chi connectivity index (χ0) is 15.7. The van der Waals surface area contributed by atoms with Crippen molar-refractivity contribution >= 4 is 5.91 Å². The maximum Gasteiger partial charge on any atom is 0.471 e. The minimum absolute atomic E-state index is 0.0400. The van der Waals surface area contributed by atoms with Crippen LogP contribution in [0, 0.1) is 0 Å². The number of likely N-dealkylation sites (tertiary alicyclic amines) is 1. The molecule has 0 unspecified atom stereocenters. The fraction of sp³-hybridized carbons (Fsp3) is 0.417. The number of amides is 1. The molecule has 1 aliphatic rings. The lowest BCUT2D eigenvalue weighted by molar-refractivity contribution is -0.159. The summed E-state index contributed by atoms with van der Waals surface area (Å²) in [6, 6.07) is 0. The molecule has 0 aromatic carbocycles. The lowest BCUT2D eigenvalue weighted by Gasteiger charge is -2.14. The average Bonchev–Trinajstić information content (AvgIpc) is 3.15. The molecule has 1 aliphatic heterocycles. The first kappa shape index (κ1) is 14.4. The van der Waals surface area contributed by atoms with E-state index in [0.717, 1.165) is 0 Å². The van der Waals surface area contributed by atoms with Crippen molar-refractivity contribution in [1.82, 2.24) is 25.0 Å². The Labute approximate surface area is 122 Å². The van der Waals surface area contributed by atoms with Gasteiger partial charge < -0.3 is 9.42 Å². The van der Waals surface area contributed by atoms with Gasteiger partial charge in [0.25, 0.3) is 5.91 Å². The number of nitrogens with zero attached hydrogens (tertiary/aromatic N) is 5. The lowest BCUT2D eigenvalue weighted by Crippen LogP contribution is -2.29. The zero-order valence-electron chi connectivity index (χ0n) is 11.1. The molecule has 3 rings (SSSR count). The fourth-order valence-corrected chi connectivity index (χ4v) is 2.24. The highest BCUT2D eigenvalue weighted by Crippen LogP contribution is 2.31. The van der Waals surface area contributed by atoms with E-state index in [1.165, 1.54) is 23.5 Å². The van der Waals surface area contributed by atoms with Crippen LogP contribution < -0.4 is 0 Å². The van der Waals surface area contributed by atoms with Gasteiger partial charge in [-0.25, -0.2) is 4.98 Å². The predicted molar refractivity (Wildman–Crippen MR) is 64.6 cm³/mol. The third kappa shape index (κ3) is 2.76.